The van der Waals surface area contributed by atoms with Crippen LogP contribution in [-0.4, -0.2) is 36.6 Å². The maximum absolute atomic E-state index is 13.7. The number of aromatic nitrogens is 3. The van der Waals surface area contributed by atoms with Crippen LogP contribution in [0.2, 0.25) is 0 Å². The minimum Gasteiger partial charge on any atom is -0.508 e. The number of hydrogen-bond donors (Lipinski definition) is 3. The number of aromatic hydroxyl groups is 2. The van der Waals surface area contributed by atoms with E-state index in [0.717, 1.165) is 21.4 Å². The summed E-state index contributed by atoms with van der Waals surface area (Å²) in [4.78, 5) is 26.3. The average molecular weight is 543 g/mol. The molecule has 1 atom stereocenters. The van der Waals surface area contributed by atoms with Crippen molar-refractivity contribution in [3.8, 4) is 28.6 Å². The molecule has 0 aliphatic rings. The zero-order valence-electron chi connectivity index (χ0n) is 23.0. The summed E-state index contributed by atoms with van der Waals surface area (Å²) in [6.07, 6.45) is 4.11. The molecule has 3 aromatic carbocycles. The van der Waals surface area contributed by atoms with Gasteiger partial charge in [-0.1, -0.05) is 62.4 Å². The van der Waals surface area contributed by atoms with Crippen LogP contribution in [0.25, 0.3) is 23.2 Å². The first kappa shape index (κ1) is 28.4. The SMILES string of the molecule is C/C=C\c1cc(-n2c(-c3cc(C(C)C)c(O)cc3O)nn(COC(=O)C(N)Cc3ccccc3)c2=O)ccc1C. The van der Waals surface area contributed by atoms with Crippen LogP contribution in [0.5, 0.6) is 11.5 Å². The second-order valence-corrected chi connectivity index (χ2v) is 9.95. The molecule has 4 N–H and O–H groups in total. The molecule has 0 spiro atoms. The first-order valence-electron chi connectivity index (χ1n) is 13.1. The van der Waals surface area contributed by atoms with Gasteiger partial charge in [0.15, 0.2) is 12.6 Å². The Hall–Kier alpha value is -4.63. The molecule has 9 nitrogen and oxygen atoms in total. The van der Waals surface area contributed by atoms with Crippen molar-refractivity contribution in [1.82, 2.24) is 14.3 Å². The van der Waals surface area contributed by atoms with E-state index in [2.05, 4.69) is 5.10 Å². The molecule has 4 aromatic rings. The van der Waals surface area contributed by atoms with Gasteiger partial charge in [-0.15, -0.1) is 5.10 Å². The number of esters is 1. The van der Waals surface area contributed by atoms with E-state index in [0.29, 0.717) is 11.3 Å². The Labute approximate surface area is 232 Å². The number of ether oxygens (including phenoxy) is 1. The zero-order chi connectivity index (χ0) is 29.0. The standard InChI is InChI=1S/C31H34N4O5/c1-5-9-22-15-23(13-12-20(22)4)35-29(25-16-24(19(2)3)27(36)17-28(25)37)33-34(31(35)39)18-40-30(38)26(32)14-21-10-7-6-8-11-21/h5-13,15-17,19,26,36-37H,14,18,32H2,1-4H3/b9-5-. The van der Waals surface area contributed by atoms with Crippen LogP contribution >= 0.6 is 0 Å². The van der Waals surface area contributed by atoms with Gasteiger partial charge in [-0.3, -0.25) is 4.79 Å². The van der Waals surface area contributed by atoms with E-state index in [4.69, 9.17) is 10.5 Å². The molecule has 0 fully saturated rings. The van der Waals surface area contributed by atoms with E-state index < -0.39 is 24.4 Å². The minimum absolute atomic E-state index is 0.0587. The van der Waals surface area contributed by atoms with E-state index in [1.54, 1.807) is 12.1 Å². The van der Waals surface area contributed by atoms with Gasteiger partial charge in [0.1, 0.15) is 17.5 Å². The number of carbonyl (C=O) groups excluding carboxylic acids is 1. The normalized spacial score (nSPS) is 12.2. The fourth-order valence-electron chi connectivity index (χ4n) is 4.44. The lowest BCUT2D eigenvalue weighted by atomic mass is 9.98. The largest absolute Gasteiger partial charge is 0.508 e. The quantitative estimate of drug-likeness (QED) is 0.262. The molecule has 0 radical (unpaired) electrons. The van der Waals surface area contributed by atoms with E-state index in [1.807, 2.05) is 82.3 Å². The van der Waals surface area contributed by atoms with Crippen molar-refractivity contribution in [3.63, 3.8) is 0 Å². The van der Waals surface area contributed by atoms with Gasteiger partial charge >= 0.3 is 11.7 Å². The van der Waals surface area contributed by atoms with Crippen LogP contribution < -0.4 is 11.4 Å². The lowest BCUT2D eigenvalue weighted by molar-refractivity contribution is -0.149. The highest BCUT2D eigenvalue weighted by Crippen LogP contribution is 2.37. The Morgan fingerprint density at radius 3 is 2.48 bits per heavy atom. The summed E-state index contributed by atoms with van der Waals surface area (Å²) in [6, 6.07) is 16.8. The third-order valence-electron chi connectivity index (χ3n) is 6.64. The lowest BCUT2D eigenvalue weighted by Crippen LogP contribution is -2.36. The van der Waals surface area contributed by atoms with Crippen molar-refractivity contribution in [1.29, 1.82) is 0 Å². The smallest absolute Gasteiger partial charge is 0.353 e. The van der Waals surface area contributed by atoms with Gasteiger partial charge in [-0.25, -0.2) is 9.36 Å². The number of phenolic OH excluding ortho intramolecular Hbond substituents is 2. The molecular formula is C31H34N4O5. The van der Waals surface area contributed by atoms with Gasteiger partial charge in [0.25, 0.3) is 0 Å². The summed E-state index contributed by atoms with van der Waals surface area (Å²) in [5.74, 6) is -0.912. The fraction of sp³-hybridized carbons (Fsp3) is 0.258. The van der Waals surface area contributed by atoms with Crippen LogP contribution in [0.1, 0.15) is 48.9 Å². The topological polar surface area (TPSA) is 133 Å². The van der Waals surface area contributed by atoms with Crippen molar-refractivity contribution in [2.24, 2.45) is 5.73 Å². The number of hydrogen-bond acceptors (Lipinski definition) is 7. The molecule has 0 saturated heterocycles. The molecule has 9 heteroatoms. The number of nitrogens with zero attached hydrogens (tertiary/aromatic N) is 3. The monoisotopic (exact) mass is 542 g/mol. The van der Waals surface area contributed by atoms with Gasteiger partial charge in [-0.05, 0) is 66.6 Å². The fourth-order valence-corrected chi connectivity index (χ4v) is 4.44. The first-order valence-corrected chi connectivity index (χ1v) is 13.1. The molecule has 0 bridgehead atoms. The second kappa shape index (κ2) is 12.0. The molecule has 1 unspecified atom stereocenters. The summed E-state index contributed by atoms with van der Waals surface area (Å²) in [7, 11) is 0. The van der Waals surface area contributed by atoms with Crippen LogP contribution in [0.3, 0.4) is 0 Å². The Morgan fingerprint density at radius 2 is 1.80 bits per heavy atom. The van der Waals surface area contributed by atoms with E-state index in [1.165, 1.54) is 10.6 Å². The minimum atomic E-state index is -0.921. The Balaban J connectivity index is 1.76. The van der Waals surface area contributed by atoms with Crippen LogP contribution in [-0.2, 0) is 22.7 Å². The predicted octanol–water partition coefficient (Wildman–Crippen LogP) is 4.65. The van der Waals surface area contributed by atoms with Gasteiger partial charge in [0, 0.05) is 6.07 Å². The van der Waals surface area contributed by atoms with Crippen molar-refractivity contribution in [2.75, 3.05) is 0 Å². The molecule has 208 valence electrons. The lowest BCUT2D eigenvalue weighted by Gasteiger charge is -2.13. The number of benzene rings is 3. The number of rotatable bonds is 9. The summed E-state index contributed by atoms with van der Waals surface area (Å²) in [5.41, 5.74) is 9.62. The second-order valence-electron chi connectivity index (χ2n) is 9.95. The number of nitrogens with two attached hydrogens (primary N) is 1. The number of carbonyl (C=O) groups is 1. The highest BCUT2D eigenvalue weighted by Gasteiger charge is 2.23. The molecular weight excluding hydrogens is 508 g/mol. The van der Waals surface area contributed by atoms with Gasteiger partial charge in [0.2, 0.25) is 0 Å². The van der Waals surface area contributed by atoms with E-state index >= 15 is 0 Å². The maximum Gasteiger partial charge on any atom is 0.353 e. The van der Waals surface area contributed by atoms with Crippen molar-refractivity contribution < 1.29 is 19.7 Å². The molecule has 4 rings (SSSR count). The Bertz CT molecular complexity index is 1600. The number of phenols is 2. The highest BCUT2D eigenvalue weighted by molar-refractivity contribution is 5.75. The van der Waals surface area contributed by atoms with Gasteiger partial charge in [0.05, 0.1) is 11.3 Å². The highest BCUT2D eigenvalue weighted by atomic mass is 16.5. The average Bonchev–Trinajstić information content (AvgIpc) is 3.24. The van der Waals surface area contributed by atoms with E-state index in [9.17, 15) is 19.8 Å². The summed E-state index contributed by atoms with van der Waals surface area (Å²) >= 11 is 0. The third-order valence-corrected chi connectivity index (χ3v) is 6.64. The Kier molecular flexibility index (Phi) is 8.55. The third kappa shape index (κ3) is 6.00. The van der Waals surface area contributed by atoms with Crippen LogP contribution in [0, 0.1) is 6.92 Å². The molecule has 1 heterocycles. The van der Waals surface area contributed by atoms with Crippen molar-refractivity contribution >= 4 is 12.0 Å². The zero-order valence-corrected chi connectivity index (χ0v) is 23.0. The summed E-state index contributed by atoms with van der Waals surface area (Å²) in [6.45, 7) is 7.21. The maximum atomic E-state index is 13.7. The molecule has 0 aliphatic carbocycles. The molecule has 0 amide bonds. The van der Waals surface area contributed by atoms with Crippen molar-refractivity contribution in [3.05, 3.63) is 99.5 Å². The molecule has 0 saturated carbocycles. The molecule has 40 heavy (non-hydrogen) atoms. The Morgan fingerprint density at radius 1 is 1.07 bits per heavy atom. The summed E-state index contributed by atoms with van der Waals surface area (Å²) < 4.78 is 7.75. The van der Waals surface area contributed by atoms with E-state index in [-0.39, 0.29) is 35.2 Å². The van der Waals surface area contributed by atoms with Crippen LogP contribution in [0.15, 0.2) is 71.5 Å². The molecule has 1 aromatic heterocycles. The van der Waals surface area contributed by atoms with Crippen molar-refractivity contribution in [2.45, 2.75) is 52.8 Å². The number of allylic oxidation sites excluding steroid dienone is 1. The predicted molar refractivity (Wildman–Crippen MR) is 154 cm³/mol. The van der Waals surface area contributed by atoms with Crippen LogP contribution in [0.4, 0.5) is 0 Å². The molecule has 0 aliphatic heterocycles. The van der Waals surface area contributed by atoms with Gasteiger partial charge < -0.3 is 20.7 Å². The summed E-state index contributed by atoms with van der Waals surface area (Å²) in [5, 5.41) is 25.6. The first-order chi connectivity index (χ1) is 19.1. The number of aryl methyl sites for hydroxylation is 1. The van der Waals surface area contributed by atoms with Gasteiger partial charge in [-0.2, -0.15) is 4.68 Å².